The molecule has 0 unspecified atom stereocenters. The Morgan fingerprint density at radius 2 is 1.20 bits per heavy atom. The molecule has 1 rings (SSSR count). The van der Waals surface area contributed by atoms with E-state index in [9.17, 15) is 66.3 Å². The Morgan fingerprint density at radius 1 is 0.771 bits per heavy atom. The maximum absolute atomic E-state index is 14.0. The average molecular weight is 572 g/mol. The largest absolute Gasteiger partial charge is 0.460 e. The van der Waals surface area contributed by atoms with Gasteiger partial charge in [-0.2, -0.15) is 56.7 Å². The van der Waals surface area contributed by atoms with E-state index in [1.807, 2.05) is 0 Å². The Kier molecular flexibility index (Phi) is 8.14. The van der Waals surface area contributed by atoms with Gasteiger partial charge in [-0.1, -0.05) is 24.3 Å². The van der Waals surface area contributed by atoms with Gasteiger partial charge >= 0.3 is 39.3 Å². The molecule has 0 spiro atoms. The molecule has 0 atom stereocenters. The van der Waals surface area contributed by atoms with Crippen LogP contribution < -0.4 is 0 Å². The minimum Gasteiger partial charge on any atom is -0.294 e. The number of ketones is 2. The Morgan fingerprint density at radius 3 is 1.60 bits per heavy atom. The van der Waals surface area contributed by atoms with Crippen LogP contribution in [0.4, 0.5) is 48.3 Å². The molecular formula is C17H15F11O5S2. The van der Waals surface area contributed by atoms with Crippen molar-refractivity contribution in [2.24, 2.45) is 0 Å². The molecule has 0 radical (unpaired) electrons. The molecule has 0 aliphatic heterocycles. The molecule has 0 aromatic heterocycles. The van der Waals surface area contributed by atoms with E-state index in [0.717, 1.165) is 19.1 Å². The molecule has 202 valence electrons. The van der Waals surface area contributed by atoms with E-state index in [2.05, 4.69) is 3.63 Å². The van der Waals surface area contributed by atoms with Crippen LogP contribution in [0, 0.1) is 0 Å². The third kappa shape index (κ3) is 5.42. The molecule has 35 heavy (non-hydrogen) atoms. The highest BCUT2D eigenvalue weighted by molar-refractivity contribution is 8.32. The van der Waals surface area contributed by atoms with E-state index < -0.39 is 66.9 Å². The lowest BCUT2D eigenvalue weighted by Gasteiger charge is -2.38. The lowest BCUT2D eigenvalue weighted by Crippen LogP contribution is -2.68. The van der Waals surface area contributed by atoms with Crippen LogP contribution in [0.2, 0.25) is 0 Å². The summed E-state index contributed by atoms with van der Waals surface area (Å²) in [5, 5.41) is -7.32. The SMILES string of the molecule is CC(=O)c1ccccc1C(=O)CS(C)(C)OS(=O)(=O)C(F)(F)C(F)(F)C(F)(F)C(F)(F)C(F)(F)F. The lowest BCUT2D eigenvalue weighted by atomic mass is 10.0. The molecule has 0 fully saturated rings. The summed E-state index contributed by atoms with van der Waals surface area (Å²) in [5.74, 6) is -26.6. The predicted molar refractivity (Wildman–Crippen MR) is 101 cm³/mol. The van der Waals surface area contributed by atoms with Crippen molar-refractivity contribution in [3.05, 3.63) is 35.4 Å². The van der Waals surface area contributed by atoms with Gasteiger partial charge in [-0.3, -0.25) is 9.59 Å². The molecule has 0 aliphatic rings. The standard InChI is InChI=1S/C17H15F11O5S2/c1-9(29)10-6-4-5-7-11(10)12(30)8-34(2,3)33-35(31,32)17(27,28)15(22,23)13(18,19)14(20,21)16(24,25)26/h4-7H,8H2,1-3H3. The third-order valence-electron chi connectivity index (χ3n) is 4.18. The number of benzene rings is 1. The molecular weight excluding hydrogens is 557 g/mol. The number of alkyl halides is 11. The number of halogens is 11. The number of rotatable bonds is 10. The highest BCUT2D eigenvalue weighted by atomic mass is 32.3. The van der Waals surface area contributed by atoms with Crippen LogP contribution in [0.5, 0.6) is 0 Å². The summed E-state index contributed by atoms with van der Waals surface area (Å²) >= 11 is 0. The van der Waals surface area contributed by atoms with Crippen molar-refractivity contribution in [1.29, 1.82) is 0 Å². The van der Waals surface area contributed by atoms with Crippen LogP contribution in [0.1, 0.15) is 27.6 Å². The molecule has 0 saturated carbocycles. The van der Waals surface area contributed by atoms with E-state index >= 15 is 0 Å². The zero-order valence-corrected chi connectivity index (χ0v) is 19.2. The first-order valence-corrected chi connectivity index (χ1v) is 12.6. The molecule has 0 N–H and O–H groups in total. The van der Waals surface area contributed by atoms with Gasteiger partial charge in [0, 0.05) is 11.1 Å². The summed E-state index contributed by atoms with van der Waals surface area (Å²) in [7, 11) is -11.2. The Hall–Kier alpha value is -1.95. The summed E-state index contributed by atoms with van der Waals surface area (Å²) in [6, 6.07) is 4.74. The molecule has 0 saturated heterocycles. The van der Waals surface area contributed by atoms with Crippen molar-refractivity contribution in [3.8, 4) is 0 Å². The van der Waals surface area contributed by atoms with E-state index in [0.29, 0.717) is 12.5 Å². The molecule has 1 aromatic carbocycles. The highest BCUT2D eigenvalue weighted by Gasteiger charge is 2.90. The van der Waals surface area contributed by atoms with Crippen molar-refractivity contribution >= 4 is 32.0 Å². The molecule has 18 heteroatoms. The smallest absolute Gasteiger partial charge is 0.294 e. The number of hydrogen-bond donors (Lipinski definition) is 0. The van der Waals surface area contributed by atoms with Crippen molar-refractivity contribution in [2.45, 2.75) is 36.1 Å². The van der Waals surface area contributed by atoms with Gasteiger partial charge in [0.05, 0.1) is 5.75 Å². The zero-order valence-electron chi connectivity index (χ0n) is 17.5. The van der Waals surface area contributed by atoms with Crippen LogP contribution in [-0.2, 0) is 13.7 Å². The first kappa shape index (κ1) is 31.1. The summed E-state index contributed by atoms with van der Waals surface area (Å²) in [4.78, 5) is 24.0. The van der Waals surface area contributed by atoms with Crippen molar-refractivity contribution in [1.82, 2.24) is 0 Å². The van der Waals surface area contributed by atoms with Crippen LogP contribution in [0.15, 0.2) is 24.3 Å². The van der Waals surface area contributed by atoms with Gasteiger partial charge in [0.15, 0.2) is 11.6 Å². The first-order chi connectivity index (χ1) is 15.3. The minimum absolute atomic E-state index is 0.221. The van der Waals surface area contributed by atoms with Crippen LogP contribution in [0.3, 0.4) is 0 Å². The fraction of sp³-hybridized carbons (Fsp3) is 0.529. The Balaban J connectivity index is 3.38. The van der Waals surface area contributed by atoms with Gasteiger partial charge < -0.3 is 0 Å². The number of Topliss-reactive ketones (excluding diaryl/α,β-unsaturated/α-hetero) is 2. The quantitative estimate of drug-likeness (QED) is 0.275. The Labute approximate surface area is 192 Å². The van der Waals surface area contributed by atoms with Crippen molar-refractivity contribution < 1.29 is 69.9 Å². The van der Waals surface area contributed by atoms with Gasteiger partial charge in [-0.25, -0.2) is 3.63 Å². The molecule has 0 heterocycles. The summed E-state index contributed by atoms with van der Waals surface area (Å²) < 4.78 is 172. The van der Waals surface area contributed by atoms with Gasteiger partial charge in [0.1, 0.15) is 0 Å². The maximum Gasteiger partial charge on any atom is 0.460 e. The average Bonchev–Trinajstić information content (AvgIpc) is 2.65. The second-order valence-corrected chi connectivity index (χ2v) is 12.5. The second kappa shape index (κ2) is 9.17. The van der Waals surface area contributed by atoms with Crippen molar-refractivity contribution in [2.75, 3.05) is 18.3 Å². The zero-order chi connectivity index (χ0) is 28.1. The van der Waals surface area contributed by atoms with Gasteiger partial charge in [0.25, 0.3) is 0 Å². The molecule has 0 aliphatic carbocycles. The van der Waals surface area contributed by atoms with Crippen LogP contribution >= 0.6 is 10.3 Å². The summed E-state index contributed by atoms with van der Waals surface area (Å²) in [5.41, 5.74) is -0.600. The monoisotopic (exact) mass is 572 g/mol. The van der Waals surface area contributed by atoms with E-state index in [1.165, 1.54) is 12.1 Å². The fourth-order valence-electron chi connectivity index (χ4n) is 2.45. The molecule has 0 amide bonds. The highest BCUT2D eigenvalue weighted by Crippen LogP contribution is 2.60. The fourth-order valence-corrected chi connectivity index (χ4v) is 6.15. The summed E-state index contributed by atoms with van der Waals surface area (Å²) in [6.45, 7) is 1.02. The normalized spacial score (nSPS) is 15.1. The second-order valence-electron chi connectivity index (χ2n) is 7.37. The van der Waals surface area contributed by atoms with Gasteiger partial charge in [-0.15, -0.1) is 10.3 Å². The van der Waals surface area contributed by atoms with Crippen LogP contribution in [-0.4, -0.2) is 67.4 Å². The molecule has 5 nitrogen and oxygen atoms in total. The van der Waals surface area contributed by atoms with E-state index in [4.69, 9.17) is 0 Å². The van der Waals surface area contributed by atoms with Crippen molar-refractivity contribution in [3.63, 3.8) is 0 Å². The lowest BCUT2D eigenvalue weighted by molar-refractivity contribution is -0.413. The van der Waals surface area contributed by atoms with E-state index in [1.54, 1.807) is 0 Å². The topological polar surface area (TPSA) is 77.5 Å². The summed E-state index contributed by atoms with van der Waals surface area (Å²) in [6.07, 6.45) is -6.29. The van der Waals surface area contributed by atoms with Crippen LogP contribution in [0.25, 0.3) is 0 Å². The first-order valence-electron chi connectivity index (χ1n) is 8.64. The van der Waals surface area contributed by atoms with E-state index in [-0.39, 0.29) is 11.1 Å². The maximum atomic E-state index is 14.0. The van der Waals surface area contributed by atoms with Gasteiger partial charge in [0.2, 0.25) is 0 Å². The predicted octanol–water partition coefficient (Wildman–Crippen LogP) is 5.46. The number of carbonyl (C=O) groups excluding carboxylic acids is 2. The number of carbonyl (C=O) groups is 2. The third-order valence-corrected chi connectivity index (χ3v) is 8.22. The Bertz CT molecular complexity index is 1100. The van der Waals surface area contributed by atoms with Gasteiger partial charge in [-0.05, 0) is 19.4 Å². The minimum atomic E-state index is -7.95. The molecule has 1 aromatic rings. The molecule has 0 bridgehead atoms. The number of hydrogen-bond acceptors (Lipinski definition) is 5.